The molecule has 3 nitrogen and oxygen atoms in total. The van der Waals surface area contributed by atoms with Gasteiger partial charge in [0.05, 0.1) is 11.1 Å². The largest absolute Gasteiger partial charge is 0.388 e. The monoisotopic (exact) mass is 265 g/mol. The van der Waals surface area contributed by atoms with Gasteiger partial charge in [-0.2, -0.15) is 0 Å². The Bertz CT molecular complexity index is 487. The SMILES string of the molecule is CC(C)(O)C(C)(C)NC(=O)/C=C/c1cccc(F)c1. The number of carbonyl (C=O) groups excluding carboxylic acids is 1. The smallest absolute Gasteiger partial charge is 0.244 e. The second-order valence-electron chi connectivity index (χ2n) is 5.56. The van der Waals surface area contributed by atoms with E-state index in [9.17, 15) is 14.3 Å². The summed E-state index contributed by atoms with van der Waals surface area (Å²) in [6.07, 6.45) is 2.85. The highest BCUT2D eigenvalue weighted by molar-refractivity contribution is 5.92. The second kappa shape index (κ2) is 5.53. The van der Waals surface area contributed by atoms with Crippen LogP contribution in [0.5, 0.6) is 0 Å². The maximum Gasteiger partial charge on any atom is 0.244 e. The molecule has 1 aromatic rings. The Morgan fingerprint density at radius 2 is 1.95 bits per heavy atom. The van der Waals surface area contributed by atoms with Gasteiger partial charge in [-0.25, -0.2) is 4.39 Å². The molecule has 0 radical (unpaired) electrons. The third-order valence-corrected chi connectivity index (χ3v) is 3.24. The van der Waals surface area contributed by atoms with E-state index in [2.05, 4.69) is 5.32 Å². The van der Waals surface area contributed by atoms with Crippen molar-refractivity contribution in [2.45, 2.75) is 38.8 Å². The highest BCUT2D eigenvalue weighted by atomic mass is 19.1. The predicted octanol–water partition coefficient (Wildman–Crippen LogP) is 2.50. The summed E-state index contributed by atoms with van der Waals surface area (Å²) in [5.74, 6) is -0.684. The maximum atomic E-state index is 13.0. The third-order valence-electron chi connectivity index (χ3n) is 3.24. The average molecular weight is 265 g/mol. The highest BCUT2D eigenvalue weighted by Crippen LogP contribution is 2.20. The van der Waals surface area contributed by atoms with Crippen LogP contribution in [0.3, 0.4) is 0 Å². The minimum absolute atomic E-state index is 0.337. The van der Waals surface area contributed by atoms with Gasteiger partial charge >= 0.3 is 0 Å². The van der Waals surface area contributed by atoms with E-state index in [4.69, 9.17) is 0 Å². The molecule has 2 N–H and O–H groups in total. The van der Waals surface area contributed by atoms with Crippen molar-refractivity contribution in [3.8, 4) is 0 Å². The Labute approximate surface area is 113 Å². The van der Waals surface area contributed by atoms with E-state index in [1.807, 2.05) is 0 Å². The van der Waals surface area contributed by atoms with Crippen LogP contribution in [0, 0.1) is 5.82 Å². The van der Waals surface area contributed by atoms with E-state index in [0.29, 0.717) is 5.56 Å². The summed E-state index contributed by atoms with van der Waals surface area (Å²) in [6, 6.07) is 5.96. The van der Waals surface area contributed by atoms with Gasteiger partial charge in [0.15, 0.2) is 0 Å². The Morgan fingerprint density at radius 3 is 2.47 bits per heavy atom. The first-order chi connectivity index (χ1) is 8.62. The first kappa shape index (κ1) is 15.4. The number of hydrogen-bond acceptors (Lipinski definition) is 2. The summed E-state index contributed by atoms with van der Waals surface area (Å²) >= 11 is 0. The van der Waals surface area contributed by atoms with Crippen molar-refractivity contribution < 1.29 is 14.3 Å². The van der Waals surface area contributed by atoms with Gasteiger partial charge in [-0.05, 0) is 51.5 Å². The van der Waals surface area contributed by atoms with Gasteiger partial charge in [-0.1, -0.05) is 12.1 Å². The Kier molecular flexibility index (Phi) is 4.48. The lowest BCUT2D eigenvalue weighted by atomic mass is 9.86. The highest BCUT2D eigenvalue weighted by Gasteiger charge is 2.35. The summed E-state index contributed by atoms with van der Waals surface area (Å²) in [7, 11) is 0. The van der Waals surface area contributed by atoms with Crippen LogP contribution in [0.4, 0.5) is 4.39 Å². The molecule has 0 bridgehead atoms. The molecule has 0 atom stereocenters. The zero-order valence-corrected chi connectivity index (χ0v) is 11.7. The van der Waals surface area contributed by atoms with Crippen LogP contribution in [0.25, 0.3) is 6.08 Å². The van der Waals surface area contributed by atoms with E-state index < -0.39 is 11.1 Å². The van der Waals surface area contributed by atoms with Crippen LogP contribution in [0.15, 0.2) is 30.3 Å². The van der Waals surface area contributed by atoms with Crippen LogP contribution >= 0.6 is 0 Å². The number of aliphatic hydroxyl groups is 1. The van der Waals surface area contributed by atoms with Crippen molar-refractivity contribution in [2.75, 3.05) is 0 Å². The zero-order chi connectivity index (χ0) is 14.7. The number of rotatable bonds is 4. The van der Waals surface area contributed by atoms with Gasteiger partial charge in [0.1, 0.15) is 5.82 Å². The minimum atomic E-state index is -1.05. The quantitative estimate of drug-likeness (QED) is 0.822. The van der Waals surface area contributed by atoms with Crippen LogP contribution in [-0.4, -0.2) is 22.2 Å². The summed E-state index contributed by atoms with van der Waals surface area (Å²) in [6.45, 7) is 6.73. The van der Waals surface area contributed by atoms with E-state index in [-0.39, 0.29) is 11.7 Å². The van der Waals surface area contributed by atoms with Crippen molar-refractivity contribution in [3.63, 3.8) is 0 Å². The number of carbonyl (C=O) groups is 1. The first-order valence-corrected chi connectivity index (χ1v) is 6.10. The van der Waals surface area contributed by atoms with Gasteiger partial charge in [0.25, 0.3) is 0 Å². The van der Waals surface area contributed by atoms with E-state index in [1.54, 1.807) is 39.8 Å². The van der Waals surface area contributed by atoms with Crippen LogP contribution in [0.2, 0.25) is 0 Å². The summed E-state index contributed by atoms with van der Waals surface area (Å²) in [5, 5.41) is 12.6. The molecule has 104 valence electrons. The van der Waals surface area contributed by atoms with Crippen LogP contribution in [0.1, 0.15) is 33.3 Å². The lowest BCUT2D eigenvalue weighted by Crippen LogP contribution is -2.57. The first-order valence-electron chi connectivity index (χ1n) is 6.10. The molecule has 0 saturated heterocycles. The van der Waals surface area contributed by atoms with Crippen molar-refractivity contribution in [3.05, 3.63) is 41.7 Å². The lowest BCUT2D eigenvalue weighted by Gasteiger charge is -2.37. The lowest BCUT2D eigenvalue weighted by molar-refractivity contribution is -0.121. The number of halogens is 1. The second-order valence-corrected chi connectivity index (χ2v) is 5.56. The Balaban J connectivity index is 2.71. The average Bonchev–Trinajstić information content (AvgIpc) is 2.24. The van der Waals surface area contributed by atoms with Gasteiger partial charge in [-0.15, -0.1) is 0 Å². The van der Waals surface area contributed by atoms with E-state index in [1.165, 1.54) is 24.3 Å². The molecule has 0 unspecified atom stereocenters. The molecule has 1 rings (SSSR count). The topological polar surface area (TPSA) is 49.3 Å². The van der Waals surface area contributed by atoms with Crippen molar-refractivity contribution in [1.29, 1.82) is 0 Å². The molecule has 0 spiro atoms. The molecule has 1 aromatic carbocycles. The van der Waals surface area contributed by atoms with Crippen molar-refractivity contribution in [2.24, 2.45) is 0 Å². The minimum Gasteiger partial charge on any atom is -0.388 e. The van der Waals surface area contributed by atoms with Gasteiger partial charge in [0, 0.05) is 6.08 Å². The van der Waals surface area contributed by atoms with Crippen molar-refractivity contribution >= 4 is 12.0 Å². The van der Waals surface area contributed by atoms with Crippen molar-refractivity contribution in [1.82, 2.24) is 5.32 Å². The molecule has 1 amide bonds. The fourth-order valence-electron chi connectivity index (χ4n) is 1.28. The number of nitrogens with one attached hydrogen (secondary N) is 1. The van der Waals surface area contributed by atoms with Gasteiger partial charge in [-0.3, -0.25) is 4.79 Å². The molecule has 19 heavy (non-hydrogen) atoms. The third kappa shape index (κ3) is 4.48. The molecule has 0 heterocycles. The molecular formula is C15H20FNO2. The van der Waals surface area contributed by atoms with Gasteiger partial charge < -0.3 is 10.4 Å². The molecule has 0 aromatic heterocycles. The number of hydrogen-bond donors (Lipinski definition) is 2. The van der Waals surface area contributed by atoms with Gasteiger partial charge in [0.2, 0.25) is 5.91 Å². The molecule has 0 aliphatic carbocycles. The Hall–Kier alpha value is -1.68. The normalized spacial score (nSPS) is 12.7. The molecule has 0 fully saturated rings. The summed E-state index contributed by atoms with van der Waals surface area (Å²) in [4.78, 5) is 11.8. The zero-order valence-electron chi connectivity index (χ0n) is 11.7. The predicted molar refractivity (Wildman–Crippen MR) is 74.0 cm³/mol. The number of benzene rings is 1. The van der Waals surface area contributed by atoms with Crippen LogP contribution in [-0.2, 0) is 4.79 Å². The number of amides is 1. The summed E-state index contributed by atoms with van der Waals surface area (Å²) in [5.41, 5.74) is -1.21. The van der Waals surface area contributed by atoms with E-state index in [0.717, 1.165) is 0 Å². The standard InChI is InChI=1S/C15H20FNO2/c1-14(2,15(3,4)19)17-13(18)9-8-11-6-5-7-12(16)10-11/h5-10,19H,1-4H3,(H,17,18)/b9-8+. The molecule has 0 aliphatic rings. The van der Waals surface area contributed by atoms with E-state index >= 15 is 0 Å². The fraction of sp³-hybridized carbons (Fsp3) is 0.400. The summed E-state index contributed by atoms with van der Waals surface area (Å²) < 4.78 is 13.0. The Morgan fingerprint density at radius 1 is 1.32 bits per heavy atom. The molecule has 0 saturated carbocycles. The molecule has 0 aliphatic heterocycles. The fourth-order valence-corrected chi connectivity index (χ4v) is 1.28. The maximum absolute atomic E-state index is 13.0. The van der Waals surface area contributed by atoms with Crippen LogP contribution < -0.4 is 5.32 Å². The molecule has 4 heteroatoms. The molecular weight excluding hydrogens is 245 g/mol.